The van der Waals surface area contributed by atoms with Crippen molar-refractivity contribution in [2.75, 3.05) is 0 Å². The summed E-state index contributed by atoms with van der Waals surface area (Å²) in [6, 6.07) is 7.77. The second-order valence-corrected chi connectivity index (χ2v) is 5.44. The first-order valence-electron chi connectivity index (χ1n) is 5.65. The molecule has 4 aromatic heterocycles. The van der Waals surface area contributed by atoms with Crippen LogP contribution in [0.1, 0.15) is 0 Å². The highest BCUT2D eigenvalue weighted by atomic mass is 35.5. The lowest BCUT2D eigenvalue weighted by atomic mass is 10.1. The standard InChI is InChI=1S/C13H7ClN4S/c14-11-3-2-10-13(16-11)9(6-19-10)8-1-4-12-17-15-7-18(12)5-8/h1-7H. The molecule has 0 spiro atoms. The van der Waals surface area contributed by atoms with Crippen LogP contribution in [0, 0.1) is 0 Å². The van der Waals surface area contributed by atoms with Gasteiger partial charge >= 0.3 is 0 Å². The molecule has 0 aromatic carbocycles. The molecule has 0 bridgehead atoms. The molecule has 0 unspecified atom stereocenters. The van der Waals surface area contributed by atoms with Crippen molar-refractivity contribution in [3.8, 4) is 11.1 Å². The Morgan fingerprint density at radius 2 is 2.11 bits per heavy atom. The van der Waals surface area contributed by atoms with Gasteiger partial charge in [0.15, 0.2) is 5.65 Å². The van der Waals surface area contributed by atoms with Crippen molar-refractivity contribution in [3.63, 3.8) is 0 Å². The van der Waals surface area contributed by atoms with Gasteiger partial charge in [-0.15, -0.1) is 21.5 Å². The van der Waals surface area contributed by atoms with Gasteiger partial charge in [-0.2, -0.15) is 0 Å². The first-order chi connectivity index (χ1) is 9.31. The van der Waals surface area contributed by atoms with E-state index < -0.39 is 0 Å². The van der Waals surface area contributed by atoms with Gasteiger partial charge in [0.05, 0.1) is 10.2 Å². The molecule has 0 fully saturated rings. The fraction of sp³-hybridized carbons (Fsp3) is 0. The van der Waals surface area contributed by atoms with E-state index in [1.165, 1.54) is 0 Å². The highest BCUT2D eigenvalue weighted by molar-refractivity contribution is 7.17. The number of pyridine rings is 2. The van der Waals surface area contributed by atoms with Gasteiger partial charge in [-0.3, -0.25) is 4.40 Å². The largest absolute Gasteiger partial charge is 0.288 e. The number of thiophene rings is 1. The van der Waals surface area contributed by atoms with Gasteiger partial charge in [-0.25, -0.2) is 4.98 Å². The van der Waals surface area contributed by atoms with Gasteiger partial charge in [0, 0.05) is 22.7 Å². The summed E-state index contributed by atoms with van der Waals surface area (Å²) in [5, 5.41) is 10.5. The van der Waals surface area contributed by atoms with E-state index in [0.717, 1.165) is 27.0 Å². The van der Waals surface area contributed by atoms with Crippen molar-refractivity contribution in [2.24, 2.45) is 0 Å². The van der Waals surface area contributed by atoms with Crippen LogP contribution < -0.4 is 0 Å². The molecule has 4 nitrogen and oxygen atoms in total. The third-order valence-corrected chi connectivity index (χ3v) is 4.13. The van der Waals surface area contributed by atoms with Crippen LogP contribution in [0.2, 0.25) is 5.15 Å². The van der Waals surface area contributed by atoms with Crippen LogP contribution in [0.5, 0.6) is 0 Å². The molecular formula is C13H7ClN4S. The molecule has 0 aliphatic heterocycles. The highest BCUT2D eigenvalue weighted by Crippen LogP contribution is 2.33. The lowest BCUT2D eigenvalue weighted by Gasteiger charge is -2.00. The minimum absolute atomic E-state index is 0.512. The van der Waals surface area contributed by atoms with Gasteiger partial charge in [0.1, 0.15) is 11.5 Å². The van der Waals surface area contributed by atoms with Crippen LogP contribution >= 0.6 is 22.9 Å². The topological polar surface area (TPSA) is 43.1 Å². The van der Waals surface area contributed by atoms with Crippen molar-refractivity contribution in [1.82, 2.24) is 19.6 Å². The molecule has 92 valence electrons. The van der Waals surface area contributed by atoms with E-state index in [4.69, 9.17) is 11.6 Å². The molecular weight excluding hydrogens is 280 g/mol. The number of hydrogen-bond acceptors (Lipinski definition) is 4. The predicted molar refractivity (Wildman–Crippen MR) is 76.6 cm³/mol. The number of halogens is 1. The van der Waals surface area contributed by atoms with Crippen molar-refractivity contribution < 1.29 is 0 Å². The van der Waals surface area contributed by atoms with Crippen LogP contribution in [-0.4, -0.2) is 19.6 Å². The van der Waals surface area contributed by atoms with E-state index in [9.17, 15) is 0 Å². The average molecular weight is 287 g/mol. The maximum Gasteiger partial charge on any atom is 0.160 e. The SMILES string of the molecule is Clc1ccc2scc(-c3ccc4nncn4c3)c2n1. The zero-order valence-corrected chi connectivity index (χ0v) is 11.2. The number of hydrogen-bond donors (Lipinski definition) is 0. The van der Waals surface area contributed by atoms with Crippen LogP contribution in [0.25, 0.3) is 27.0 Å². The molecule has 6 heteroatoms. The van der Waals surface area contributed by atoms with Crippen LogP contribution in [0.4, 0.5) is 0 Å². The third-order valence-electron chi connectivity index (χ3n) is 2.99. The monoisotopic (exact) mass is 286 g/mol. The number of aromatic nitrogens is 4. The second-order valence-electron chi connectivity index (χ2n) is 4.14. The summed E-state index contributed by atoms with van der Waals surface area (Å²) in [6.45, 7) is 0. The summed E-state index contributed by atoms with van der Waals surface area (Å²) >= 11 is 7.64. The molecule has 0 aliphatic carbocycles. The van der Waals surface area contributed by atoms with Crippen LogP contribution in [-0.2, 0) is 0 Å². The summed E-state index contributed by atoms with van der Waals surface area (Å²) < 4.78 is 3.02. The molecule has 0 atom stereocenters. The van der Waals surface area contributed by atoms with Crippen molar-refractivity contribution >= 4 is 38.8 Å². The fourth-order valence-corrected chi connectivity index (χ4v) is 3.13. The summed E-state index contributed by atoms with van der Waals surface area (Å²) in [7, 11) is 0. The maximum absolute atomic E-state index is 5.98. The fourth-order valence-electron chi connectivity index (χ4n) is 2.08. The molecule has 0 amide bonds. The zero-order valence-electron chi connectivity index (χ0n) is 9.62. The molecule has 4 rings (SSSR count). The first-order valence-corrected chi connectivity index (χ1v) is 6.90. The van der Waals surface area contributed by atoms with Gasteiger partial charge in [0.2, 0.25) is 0 Å². The highest BCUT2D eigenvalue weighted by Gasteiger charge is 2.09. The molecule has 0 N–H and O–H groups in total. The van der Waals surface area contributed by atoms with E-state index >= 15 is 0 Å². The van der Waals surface area contributed by atoms with E-state index in [0.29, 0.717) is 5.15 Å². The normalized spacial score (nSPS) is 11.4. The molecule has 4 heterocycles. The molecule has 4 aromatic rings. The van der Waals surface area contributed by atoms with Crippen LogP contribution in [0.15, 0.2) is 42.2 Å². The van der Waals surface area contributed by atoms with Gasteiger partial charge in [0.25, 0.3) is 0 Å². The van der Waals surface area contributed by atoms with E-state index in [1.54, 1.807) is 17.7 Å². The molecule has 19 heavy (non-hydrogen) atoms. The predicted octanol–water partition coefficient (Wildman–Crippen LogP) is 3.66. The van der Waals surface area contributed by atoms with Gasteiger partial charge in [-0.05, 0) is 24.3 Å². The number of rotatable bonds is 1. The van der Waals surface area contributed by atoms with Crippen molar-refractivity contribution in [3.05, 3.63) is 47.3 Å². The Labute approximate surface area is 117 Å². The Kier molecular flexibility index (Phi) is 2.30. The Bertz CT molecular complexity index is 896. The molecule has 0 saturated heterocycles. The lowest BCUT2D eigenvalue weighted by molar-refractivity contribution is 1.10. The zero-order chi connectivity index (χ0) is 12.8. The van der Waals surface area contributed by atoms with E-state index in [2.05, 4.69) is 20.6 Å². The number of nitrogens with zero attached hydrogens (tertiary/aromatic N) is 4. The Morgan fingerprint density at radius 1 is 1.16 bits per heavy atom. The minimum Gasteiger partial charge on any atom is -0.288 e. The Balaban J connectivity index is 2.00. The molecule has 0 radical (unpaired) electrons. The molecule has 0 saturated carbocycles. The summed E-state index contributed by atoms with van der Waals surface area (Å²) in [5.41, 5.74) is 3.92. The Hall–Kier alpha value is -1.98. The average Bonchev–Trinajstić information content (AvgIpc) is 3.03. The number of fused-ring (bicyclic) bond motifs is 2. The van der Waals surface area contributed by atoms with Crippen molar-refractivity contribution in [2.45, 2.75) is 0 Å². The summed E-state index contributed by atoms with van der Waals surface area (Å²) in [4.78, 5) is 4.42. The second kappa shape index (κ2) is 4.01. The van der Waals surface area contributed by atoms with Gasteiger partial charge in [-0.1, -0.05) is 11.6 Å². The summed E-state index contributed by atoms with van der Waals surface area (Å²) in [5.74, 6) is 0. The van der Waals surface area contributed by atoms with Gasteiger partial charge < -0.3 is 0 Å². The van der Waals surface area contributed by atoms with Crippen molar-refractivity contribution in [1.29, 1.82) is 0 Å². The lowest BCUT2D eigenvalue weighted by Crippen LogP contribution is -1.85. The quantitative estimate of drug-likeness (QED) is 0.502. The van der Waals surface area contributed by atoms with Crippen LogP contribution in [0.3, 0.4) is 0 Å². The minimum atomic E-state index is 0.512. The summed E-state index contributed by atoms with van der Waals surface area (Å²) in [6.07, 6.45) is 3.69. The smallest absolute Gasteiger partial charge is 0.160 e. The Morgan fingerprint density at radius 3 is 3.05 bits per heavy atom. The molecule has 0 aliphatic rings. The van der Waals surface area contributed by atoms with E-state index in [-0.39, 0.29) is 0 Å². The third kappa shape index (κ3) is 1.70. The van der Waals surface area contributed by atoms with E-state index in [1.807, 2.05) is 34.9 Å². The maximum atomic E-state index is 5.98. The first kappa shape index (κ1) is 10.9.